The van der Waals surface area contributed by atoms with E-state index in [2.05, 4.69) is 168 Å². The molecule has 11 rings (SSSR count). The summed E-state index contributed by atoms with van der Waals surface area (Å²) in [4.78, 5) is 14.7. The van der Waals surface area contributed by atoms with Gasteiger partial charge in [-0.1, -0.05) is 212 Å². The standard InChI is InChI=1S/C56H37N5/c1-6-16-41(17-7-1)50-37-48-35-34-47(36-49(48)53-51(42-18-8-2-9-19-42)52(60-61(50)53)43-20-10-3-11-21-43)40-28-26-38(27-29-40)39-30-32-46(33-31-39)56-58-54(44-22-12-4-13-23-44)57-55(59-56)45-24-14-5-15-25-45/h1-37H. The SMILES string of the molecule is c1ccc(-c2nc(-c3ccccc3)nc(-c3ccc(-c4ccc(-c5ccc6cc(-c7ccccc7)n7nc(-c8ccccc8)c(-c8ccccc8)c7c6c5)cc4)cc3)n2)cc1. The van der Waals surface area contributed by atoms with Crippen LogP contribution in [0.5, 0.6) is 0 Å². The van der Waals surface area contributed by atoms with E-state index in [4.69, 9.17) is 20.1 Å². The van der Waals surface area contributed by atoms with E-state index in [0.29, 0.717) is 17.5 Å². The average Bonchev–Trinajstić information content (AvgIpc) is 3.76. The lowest BCUT2D eigenvalue weighted by Gasteiger charge is -2.12. The Hall–Kier alpha value is -8.28. The number of nitrogens with zero attached hydrogens (tertiary/aromatic N) is 5. The maximum atomic E-state index is 5.40. The summed E-state index contributed by atoms with van der Waals surface area (Å²) in [5.41, 5.74) is 14.9. The number of hydrogen-bond acceptors (Lipinski definition) is 4. The molecule has 0 aliphatic heterocycles. The lowest BCUT2D eigenvalue weighted by Crippen LogP contribution is -2.00. The molecule has 0 unspecified atom stereocenters. The monoisotopic (exact) mass is 779 g/mol. The van der Waals surface area contributed by atoms with Gasteiger partial charge in [-0.05, 0) is 45.3 Å². The van der Waals surface area contributed by atoms with Gasteiger partial charge in [-0.25, -0.2) is 19.5 Å². The molecule has 61 heavy (non-hydrogen) atoms. The number of benzene rings is 8. The van der Waals surface area contributed by atoms with E-state index in [1.54, 1.807) is 0 Å². The summed E-state index contributed by atoms with van der Waals surface area (Å²) in [5.74, 6) is 1.94. The van der Waals surface area contributed by atoms with Crippen LogP contribution in [-0.2, 0) is 0 Å². The van der Waals surface area contributed by atoms with Crippen molar-refractivity contribution in [2.45, 2.75) is 0 Å². The van der Waals surface area contributed by atoms with Crippen LogP contribution in [0.2, 0.25) is 0 Å². The fourth-order valence-electron chi connectivity index (χ4n) is 8.21. The van der Waals surface area contributed by atoms with Gasteiger partial charge >= 0.3 is 0 Å². The summed E-state index contributed by atoms with van der Waals surface area (Å²) in [6, 6.07) is 78.3. The van der Waals surface area contributed by atoms with Gasteiger partial charge in [-0.15, -0.1) is 0 Å². The Morgan fingerprint density at radius 1 is 0.295 bits per heavy atom. The molecule has 0 bridgehead atoms. The second-order valence-corrected chi connectivity index (χ2v) is 15.1. The molecule has 11 aromatic rings. The van der Waals surface area contributed by atoms with Crippen molar-refractivity contribution in [1.82, 2.24) is 24.6 Å². The molecule has 8 aromatic carbocycles. The van der Waals surface area contributed by atoms with Crippen molar-refractivity contribution in [3.8, 4) is 90.1 Å². The molecule has 3 aromatic heterocycles. The third-order valence-electron chi connectivity index (χ3n) is 11.3. The van der Waals surface area contributed by atoms with E-state index in [9.17, 15) is 0 Å². The van der Waals surface area contributed by atoms with Crippen molar-refractivity contribution in [2.75, 3.05) is 0 Å². The molecule has 0 amide bonds. The van der Waals surface area contributed by atoms with Gasteiger partial charge in [0, 0.05) is 38.8 Å². The molecule has 0 saturated heterocycles. The van der Waals surface area contributed by atoms with Crippen molar-refractivity contribution in [3.05, 3.63) is 224 Å². The van der Waals surface area contributed by atoms with Gasteiger partial charge in [0.15, 0.2) is 17.5 Å². The molecule has 0 N–H and O–H groups in total. The Labute approximate surface area is 354 Å². The third kappa shape index (κ3) is 6.84. The summed E-state index contributed by atoms with van der Waals surface area (Å²) >= 11 is 0. The first kappa shape index (κ1) is 35.8. The summed E-state index contributed by atoms with van der Waals surface area (Å²) < 4.78 is 2.15. The highest BCUT2D eigenvalue weighted by molar-refractivity contribution is 6.09. The van der Waals surface area contributed by atoms with Crippen molar-refractivity contribution >= 4 is 16.3 Å². The third-order valence-corrected chi connectivity index (χ3v) is 11.3. The lowest BCUT2D eigenvalue weighted by molar-refractivity contribution is 0.979. The van der Waals surface area contributed by atoms with Crippen LogP contribution in [0.25, 0.3) is 106 Å². The molecular formula is C56H37N5. The molecule has 0 aliphatic carbocycles. The topological polar surface area (TPSA) is 56.0 Å². The minimum Gasteiger partial charge on any atom is -0.231 e. The van der Waals surface area contributed by atoms with Crippen LogP contribution < -0.4 is 0 Å². The second kappa shape index (κ2) is 15.5. The Morgan fingerprint density at radius 3 is 1.16 bits per heavy atom. The van der Waals surface area contributed by atoms with Crippen molar-refractivity contribution in [1.29, 1.82) is 0 Å². The first-order chi connectivity index (χ1) is 30.2. The molecule has 0 radical (unpaired) electrons. The minimum absolute atomic E-state index is 0.639. The molecule has 0 atom stereocenters. The summed E-state index contributed by atoms with van der Waals surface area (Å²) in [6.45, 7) is 0. The molecule has 286 valence electrons. The molecular weight excluding hydrogens is 743 g/mol. The van der Waals surface area contributed by atoms with Gasteiger partial charge in [0.2, 0.25) is 0 Å². The largest absolute Gasteiger partial charge is 0.231 e. The van der Waals surface area contributed by atoms with Crippen LogP contribution in [0.1, 0.15) is 0 Å². The van der Waals surface area contributed by atoms with Crippen LogP contribution in [0.4, 0.5) is 0 Å². The number of rotatable bonds is 8. The highest BCUT2D eigenvalue weighted by Crippen LogP contribution is 2.42. The number of pyridine rings is 1. The van der Waals surface area contributed by atoms with Crippen LogP contribution in [0, 0.1) is 0 Å². The van der Waals surface area contributed by atoms with Crippen molar-refractivity contribution < 1.29 is 0 Å². The van der Waals surface area contributed by atoms with Crippen LogP contribution in [0.15, 0.2) is 224 Å². The van der Waals surface area contributed by atoms with Crippen LogP contribution in [-0.4, -0.2) is 24.6 Å². The number of hydrogen-bond donors (Lipinski definition) is 0. The Kier molecular flexibility index (Phi) is 9.10. The van der Waals surface area contributed by atoms with E-state index in [-0.39, 0.29) is 0 Å². The first-order valence-corrected chi connectivity index (χ1v) is 20.5. The Balaban J connectivity index is 0.978. The van der Waals surface area contributed by atoms with E-state index in [1.807, 2.05) is 60.7 Å². The highest BCUT2D eigenvalue weighted by atomic mass is 15.2. The maximum absolute atomic E-state index is 5.40. The fourth-order valence-corrected chi connectivity index (χ4v) is 8.21. The maximum Gasteiger partial charge on any atom is 0.164 e. The predicted octanol–water partition coefficient (Wildman–Crippen LogP) is 14.0. The lowest BCUT2D eigenvalue weighted by atomic mass is 9.94. The molecule has 0 aliphatic rings. The molecule has 0 saturated carbocycles. The van der Waals surface area contributed by atoms with E-state index in [1.165, 1.54) is 0 Å². The van der Waals surface area contributed by atoms with Gasteiger partial charge in [0.1, 0.15) is 5.69 Å². The molecule has 0 fully saturated rings. The van der Waals surface area contributed by atoms with Crippen LogP contribution in [0.3, 0.4) is 0 Å². The second-order valence-electron chi connectivity index (χ2n) is 15.1. The quantitative estimate of drug-likeness (QED) is 0.154. The average molecular weight is 780 g/mol. The fraction of sp³-hybridized carbons (Fsp3) is 0. The smallest absolute Gasteiger partial charge is 0.164 e. The summed E-state index contributed by atoms with van der Waals surface area (Å²) in [7, 11) is 0. The Morgan fingerprint density at radius 2 is 0.672 bits per heavy atom. The van der Waals surface area contributed by atoms with Crippen molar-refractivity contribution in [3.63, 3.8) is 0 Å². The zero-order chi connectivity index (χ0) is 40.5. The van der Waals surface area contributed by atoms with Crippen molar-refractivity contribution in [2.24, 2.45) is 0 Å². The minimum atomic E-state index is 0.639. The van der Waals surface area contributed by atoms with Gasteiger partial charge in [-0.3, -0.25) is 0 Å². The Bertz CT molecular complexity index is 3240. The number of aromatic nitrogens is 5. The van der Waals surface area contributed by atoms with Gasteiger partial charge in [0.25, 0.3) is 0 Å². The molecule has 0 spiro atoms. The van der Waals surface area contributed by atoms with Gasteiger partial charge in [0.05, 0.1) is 11.2 Å². The normalized spacial score (nSPS) is 11.3. The molecule has 3 heterocycles. The van der Waals surface area contributed by atoms with E-state index < -0.39 is 0 Å². The highest BCUT2D eigenvalue weighted by Gasteiger charge is 2.22. The van der Waals surface area contributed by atoms with Gasteiger partial charge < -0.3 is 0 Å². The first-order valence-electron chi connectivity index (χ1n) is 20.5. The molecule has 5 nitrogen and oxygen atoms in total. The van der Waals surface area contributed by atoms with Crippen LogP contribution >= 0.6 is 0 Å². The predicted molar refractivity (Wildman–Crippen MR) is 250 cm³/mol. The molecule has 5 heteroatoms. The van der Waals surface area contributed by atoms with E-state index in [0.717, 1.165) is 88.9 Å². The van der Waals surface area contributed by atoms with E-state index >= 15 is 0 Å². The summed E-state index contributed by atoms with van der Waals surface area (Å²) in [5, 5.41) is 7.71. The summed E-state index contributed by atoms with van der Waals surface area (Å²) in [6.07, 6.45) is 0. The van der Waals surface area contributed by atoms with Gasteiger partial charge in [-0.2, -0.15) is 5.10 Å². The number of fused-ring (bicyclic) bond motifs is 3. The zero-order valence-electron chi connectivity index (χ0n) is 33.1. The zero-order valence-corrected chi connectivity index (χ0v) is 33.1.